The summed E-state index contributed by atoms with van der Waals surface area (Å²) in [6.45, 7) is 3.54. The van der Waals surface area contributed by atoms with E-state index in [1.165, 1.54) is 18.2 Å². The van der Waals surface area contributed by atoms with Gasteiger partial charge in [-0.2, -0.15) is 0 Å². The molecule has 1 aromatic rings. The number of benzene rings is 1. The smallest absolute Gasteiger partial charge is 0.253 e. The third kappa shape index (κ3) is 2.89. The van der Waals surface area contributed by atoms with Gasteiger partial charge in [-0.25, -0.2) is 0 Å². The number of hydrogen-bond donors (Lipinski definition) is 1. The Morgan fingerprint density at radius 2 is 1.94 bits per heavy atom. The average molecular weight is 244 g/mol. The van der Waals surface area contributed by atoms with Crippen LogP contribution >= 0.6 is 0 Å². The highest BCUT2D eigenvalue weighted by molar-refractivity contribution is 6.04. The molecule has 0 saturated heterocycles. The molecule has 0 bridgehead atoms. The molecule has 0 heterocycles. The molecule has 0 saturated carbocycles. The maximum atomic E-state index is 12.0. The standard InChI is InChI=1S/C14H15NO3/c1-4-14(3,5-2)15-12(16)10-8-6-7-9-11(10)13(17)18/h1,6-9H,5H2,2-3H3,(H,15,16)(H,17,18)/p-1/t14-/m1/s1. The van der Waals surface area contributed by atoms with Crippen LogP contribution in [0, 0.1) is 12.3 Å². The van der Waals surface area contributed by atoms with Gasteiger partial charge in [0.2, 0.25) is 0 Å². The summed E-state index contributed by atoms with van der Waals surface area (Å²) in [5.74, 6) is 0.577. The molecule has 1 N–H and O–H groups in total. The summed E-state index contributed by atoms with van der Waals surface area (Å²) in [4.78, 5) is 22.9. The molecule has 0 radical (unpaired) electrons. The van der Waals surface area contributed by atoms with Gasteiger partial charge in [0.1, 0.15) is 0 Å². The second-order valence-corrected chi connectivity index (χ2v) is 4.12. The van der Waals surface area contributed by atoms with Crippen molar-refractivity contribution in [3.05, 3.63) is 35.4 Å². The topological polar surface area (TPSA) is 69.2 Å². The van der Waals surface area contributed by atoms with Gasteiger partial charge in [0.25, 0.3) is 5.91 Å². The van der Waals surface area contributed by atoms with Crippen molar-refractivity contribution < 1.29 is 14.7 Å². The maximum Gasteiger partial charge on any atom is 0.253 e. The predicted molar refractivity (Wildman–Crippen MR) is 65.8 cm³/mol. The van der Waals surface area contributed by atoms with E-state index in [0.717, 1.165) is 0 Å². The number of terminal acetylenes is 1. The fourth-order valence-electron chi connectivity index (χ4n) is 1.40. The zero-order chi connectivity index (χ0) is 13.8. The summed E-state index contributed by atoms with van der Waals surface area (Å²) in [6.07, 6.45) is 5.89. The van der Waals surface area contributed by atoms with E-state index in [0.29, 0.717) is 6.42 Å². The number of hydrogen-bond acceptors (Lipinski definition) is 3. The van der Waals surface area contributed by atoms with Crippen LogP contribution in [0.5, 0.6) is 0 Å². The van der Waals surface area contributed by atoms with E-state index in [-0.39, 0.29) is 11.1 Å². The van der Waals surface area contributed by atoms with Crippen molar-refractivity contribution in [3.63, 3.8) is 0 Å². The van der Waals surface area contributed by atoms with E-state index in [1.807, 2.05) is 6.92 Å². The van der Waals surface area contributed by atoms with Gasteiger partial charge >= 0.3 is 0 Å². The Morgan fingerprint density at radius 3 is 2.39 bits per heavy atom. The minimum absolute atomic E-state index is 0.0485. The van der Waals surface area contributed by atoms with Crippen LogP contribution in [0.3, 0.4) is 0 Å². The molecule has 0 aliphatic heterocycles. The summed E-state index contributed by atoms with van der Waals surface area (Å²) in [7, 11) is 0. The van der Waals surface area contributed by atoms with Crippen molar-refractivity contribution >= 4 is 11.9 Å². The molecule has 0 aromatic heterocycles. The lowest BCUT2D eigenvalue weighted by molar-refractivity contribution is -0.255. The molecule has 4 nitrogen and oxygen atoms in total. The summed E-state index contributed by atoms with van der Waals surface area (Å²) >= 11 is 0. The first kappa shape index (κ1) is 13.8. The Kier molecular flexibility index (Phi) is 4.11. The van der Waals surface area contributed by atoms with Crippen LogP contribution in [-0.2, 0) is 0 Å². The second kappa shape index (κ2) is 5.37. The quantitative estimate of drug-likeness (QED) is 0.788. The second-order valence-electron chi connectivity index (χ2n) is 4.12. The summed E-state index contributed by atoms with van der Waals surface area (Å²) in [5.41, 5.74) is -0.895. The normalized spacial score (nSPS) is 13.2. The highest BCUT2D eigenvalue weighted by Crippen LogP contribution is 2.12. The number of amides is 1. The molecule has 0 fully saturated rings. The van der Waals surface area contributed by atoms with Crippen molar-refractivity contribution in [1.82, 2.24) is 5.32 Å². The van der Waals surface area contributed by atoms with Crippen LogP contribution in [0.15, 0.2) is 24.3 Å². The first-order valence-corrected chi connectivity index (χ1v) is 5.54. The number of aromatic carboxylic acids is 1. The number of carbonyl (C=O) groups is 2. The highest BCUT2D eigenvalue weighted by atomic mass is 16.4. The Labute approximate surface area is 106 Å². The molecule has 18 heavy (non-hydrogen) atoms. The molecule has 1 atom stereocenters. The van der Waals surface area contributed by atoms with Gasteiger partial charge in [0.15, 0.2) is 0 Å². The van der Waals surface area contributed by atoms with Crippen molar-refractivity contribution in [2.75, 3.05) is 0 Å². The van der Waals surface area contributed by atoms with E-state index >= 15 is 0 Å². The predicted octanol–water partition coefficient (Wildman–Crippen LogP) is 0.582. The van der Waals surface area contributed by atoms with Gasteiger partial charge in [-0.1, -0.05) is 31.0 Å². The van der Waals surface area contributed by atoms with Crippen LogP contribution in [-0.4, -0.2) is 17.4 Å². The Morgan fingerprint density at radius 1 is 1.39 bits per heavy atom. The van der Waals surface area contributed by atoms with Crippen LogP contribution in [0.4, 0.5) is 0 Å². The SMILES string of the molecule is C#C[C@](C)(CC)NC(=O)c1ccccc1C(=O)[O-]. The first-order chi connectivity index (χ1) is 8.43. The number of carboxylic acid groups (broad SMARTS) is 1. The van der Waals surface area contributed by atoms with Gasteiger partial charge in [0, 0.05) is 11.1 Å². The van der Waals surface area contributed by atoms with Crippen LogP contribution in [0.2, 0.25) is 0 Å². The van der Waals surface area contributed by atoms with Crippen molar-refractivity contribution in [2.45, 2.75) is 25.8 Å². The number of carbonyl (C=O) groups excluding carboxylic acids is 2. The van der Waals surface area contributed by atoms with E-state index in [4.69, 9.17) is 6.42 Å². The zero-order valence-electron chi connectivity index (χ0n) is 10.3. The lowest BCUT2D eigenvalue weighted by Gasteiger charge is -2.24. The minimum atomic E-state index is -1.39. The summed E-state index contributed by atoms with van der Waals surface area (Å²) in [6, 6.07) is 5.86. The van der Waals surface area contributed by atoms with E-state index in [9.17, 15) is 14.7 Å². The summed E-state index contributed by atoms with van der Waals surface area (Å²) < 4.78 is 0. The van der Waals surface area contributed by atoms with Crippen LogP contribution in [0.25, 0.3) is 0 Å². The van der Waals surface area contributed by atoms with Gasteiger partial charge < -0.3 is 15.2 Å². The zero-order valence-corrected chi connectivity index (χ0v) is 10.3. The van der Waals surface area contributed by atoms with Gasteiger partial charge in [-0.15, -0.1) is 6.42 Å². The molecule has 1 rings (SSSR count). The highest BCUT2D eigenvalue weighted by Gasteiger charge is 2.23. The minimum Gasteiger partial charge on any atom is -0.545 e. The lowest BCUT2D eigenvalue weighted by Crippen LogP contribution is -2.45. The molecule has 0 aliphatic carbocycles. The number of rotatable bonds is 4. The lowest BCUT2D eigenvalue weighted by atomic mass is 9.98. The third-order valence-corrected chi connectivity index (χ3v) is 2.81. The monoisotopic (exact) mass is 244 g/mol. The number of carboxylic acids is 1. The van der Waals surface area contributed by atoms with Crippen molar-refractivity contribution in [3.8, 4) is 12.3 Å². The Hall–Kier alpha value is -2.28. The fraction of sp³-hybridized carbons (Fsp3) is 0.286. The van der Waals surface area contributed by atoms with Crippen molar-refractivity contribution in [1.29, 1.82) is 0 Å². The molecule has 0 aliphatic rings. The third-order valence-electron chi connectivity index (χ3n) is 2.81. The average Bonchev–Trinajstić information content (AvgIpc) is 2.38. The maximum absolute atomic E-state index is 12.0. The molecular formula is C14H14NO3-. The number of nitrogens with one attached hydrogen (secondary N) is 1. The fourth-order valence-corrected chi connectivity index (χ4v) is 1.40. The molecule has 0 unspecified atom stereocenters. The van der Waals surface area contributed by atoms with Crippen molar-refractivity contribution in [2.24, 2.45) is 0 Å². The molecule has 1 aromatic carbocycles. The van der Waals surface area contributed by atoms with Gasteiger partial charge in [0.05, 0.1) is 11.5 Å². The van der Waals surface area contributed by atoms with E-state index < -0.39 is 17.4 Å². The molecule has 94 valence electrons. The first-order valence-electron chi connectivity index (χ1n) is 5.54. The van der Waals surface area contributed by atoms with Gasteiger partial charge in [-0.3, -0.25) is 4.79 Å². The largest absolute Gasteiger partial charge is 0.545 e. The molecule has 0 spiro atoms. The van der Waals surface area contributed by atoms with Crippen LogP contribution in [0.1, 0.15) is 41.0 Å². The summed E-state index contributed by atoms with van der Waals surface area (Å²) in [5, 5.41) is 13.5. The Balaban J connectivity index is 3.06. The van der Waals surface area contributed by atoms with E-state index in [1.54, 1.807) is 13.0 Å². The van der Waals surface area contributed by atoms with Gasteiger partial charge in [-0.05, 0) is 19.4 Å². The molecule has 4 heteroatoms. The van der Waals surface area contributed by atoms with Crippen LogP contribution < -0.4 is 10.4 Å². The molecule has 1 amide bonds. The molecular weight excluding hydrogens is 230 g/mol. The Bertz CT molecular complexity index is 516. The van der Waals surface area contributed by atoms with E-state index in [2.05, 4.69) is 11.2 Å².